The van der Waals surface area contributed by atoms with E-state index in [-0.39, 0.29) is 19.5 Å². The van der Waals surface area contributed by atoms with Gasteiger partial charge < -0.3 is 0 Å². The average molecular weight is 296 g/mol. The smallest absolute Gasteiger partial charge is 0.233 e. The van der Waals surface area contributed by atoms with E-state index in [0.29, 0.717) is 16.3 Å². The van der Waals surface area contributed by atoms with E-state index in [4.69, 9.17) is 11.6 Å². The van der Waals surface area contributed by atoms with Crippen molar-refractivity contribution in [3.05, 3.63) is 28.8 Å². The maximum atomic E-state index is 9.99. The molecule has 0 aliphatic heterocycles. The quantitative estimate of drug-likeness (QED) is 0.363. The maximum Gasteiger partial charge on any atom is 0.240 e. The van der Waals surface area contributed by atoms with Gasteiger partial charge in [0, 0.05) is 25.6 Å². The molecule has 0 heterocycles. The third-order valence-corrected chi connectivity index (χ3v) is 1.67. The molecule has 3 nitrogen and oxygen atoms in total. The summed E-state index contributed by atoms with van der Waals surface area (Å²) < 4.78 is 0. The molecule has 0 saturated carbocycles. The van der Waals surface area contributed by atoms with E-state index < -0.39 is 0 Å². The Kier molecular flexibility index (Phi) is 5.95. The van der Waals surface area contributed by atoms with E-state index in [1.807, 2.05) is 0 Å². The molecule has 1 radical (unpaired) electrons. The van der Waals surface area contributed by atoms with Crippen molar-refractivity contribution >= 4 is 35.4 Å². The molecule has 0 atom stereocenters. The number of aliphatic imine (C=N–C) groups is 1. The molecular formula is C9H4ClNO2Rh. The van der Waals surface area contributed by atoms with Crippen LogP contribution in [-0.2, 0) is 29.1 Å². The molecule has 1 aromatic rings. The minimum atomic E-state index is 0. The van der Waals surface area contributed by atoms with Gasteiger partial charge in [-0.15, -0.1) is 0 Å². The number of rotatable bonds is 2. The second kappa shape index (κ2) is 6.42. The third kappa shape index (κ3) is 3.37. The second-order valence-electron chi connectivity index (χ2n) is 2.18. The molecule has 73 valence electrons. The third-order valence-electron chi connectivity index (χ3n) is 1.36. The summed E-state index contributed by atoms with van der Waals surface area (Å²) in [5, 5.41) is 0.298. The van der Waals surface area contributed by atoms with Gasteiger partial charge in [0.2, 0.25) is 6.08 Å². The summed E-state index contributed by atoms with van der Waals surface area (Å²) in [7, 11) is 0. The number of halogens is 1. The molecule has 1 aromatic carbocycles. The van der Waals surface area contributed by atoms with Gasteiger partial charge in [-0.05, 0) is 17.7 Å². The van der Waals surface area contributed by atoms with Crippen molar-refractivity contribution < 1.29 is 29.1 Å². The fourth-order valence-corrected chi connectivity index (χ4v) is 1.05. The molecule has 0 aliphatic carbocycles. The first-order valence-electron chi connectivity index (χ1n) is 3.36. The van der Waals surface area contributed by atoms with E-state index in [2.05, 4.69) is 4.99 Å². The van der Waals surface area contributed by atoms with Crippen molar-refractivity contribution in [1.82, 2.24) is 0 Å². The van der Waals surface area contributed by atoms with E-state index >= 15 is 0 Å². The van der Waals surface area contributed by atoms with Gasteiger partial charge in [0.1, 0.15) is 5.94 Å². The van der Waals surface area contributed by atoms with Crippen molar-refractivity contribution in [3.63, 3.8) is 0 Å². The number of isocyanates is 1. The molecule has 0 N–H and O–H groups in total. The van der Waals surface area contributed by atoms with Crippen LogP contribution >= 0.6 is 11.6 Å². The number of carbonyl (C=O) groups excluding carboxylic acids is 2. The van der Waals surface area contributed by atoms with Crippen molar-refractivity contribution in [2.45, 2.75) is 0 Å². The normalized spacial score (nSPS) is 7.79. The summed E-state index contributed by atoms with van der Waals surface area (Å²) in [6.07, 6.45) is 2.62. The molecule has 0 unspecified atom stereocenters. The molecule has 1 rings (SSSR count). The Labute approximate surface area is 98.2 Å². The summed E-state index contributed by atoms with van der Waals surface area (Å²) in [5.74, 6) is 1.62. The SMILES string of the molecule is O=C=Cc1ccc(N=C=O)c(Cl)c1.[Rh]. The van der Waals surface area contributed by atoms with Gasteiger partial charge in [0.05, 0.1) is 10.7 Å². The second-order valence-corrected chi connectivity index (χ2v) is 2.58. The van der Waals surface area contributed by atoms with Crippen LogP contribution in [0.3, 0.4) is 0 Å². The Morgan fingerprint density at radius 3 is 2.57 bits per heavy atom. The standard InChI is InChI=1S/C9H4ClNO2.Rh/c10-8-5-7(3-4-12)1-2-9(8)11-6-13;/h1-3,5H;. The zero-order chi connectivity index (χ0) is 9.68. The van der Waals surface area contributed by atoms with Gasteiger partial charge >= 0.3 is 0 Å². The van der Waals surface area contributed by atoms with Crippen LogP contribution in [0.2, 0.25) is 5.02 Å². The molecular weight excluding hydrogens is 292 g/mol. The van der Waals surface area contributed by atoms with E-state index in [1.54, 1.807) is 12.0 Å². The largest absolute Gasteiger partial charge is 0.240 e. The van der Waals surface area contributed by atoms with Gasteiger partial charge in [-0.2, -0.15) is 4.99 Å². The summed E-state index contributed by atoms with van der Waals surface area (Å²) in [5.41, 5.74) is 0.949. The Balaban J connectivity index is 0.00000169. The monoisotopic (exact) mass is 296 g/mol. The van der Waals surface area contributed by atoms with Crippen LogP contribution < -0.4 is 0 Å². The first-order chi connectivity index (χ1) is 6.27. The summed E-state index contributed by atoms with van der Waals surface area (Å²) in [4.78, 5) is 23.3. The van der Waals surface area contributed by atoms with Crippen LogP contribution in [0.5, 0.6) is 0 Å². The Hall–Kier alpha value is -1.04. The van der Waals surface area contributed by atoms with Crippen molar-refractivity contribution in [2.75, 3.05) is 0 Å². The summed E-state index contributed by atoms with van der Waals surface area (Å²) >= 11 is 5.72. The number of nitrogens with zero attached hydrogens (tertiary/aromatic N) is 1. The summed E-state index contributed by atoms with van der Waals surface area (Å²) in [6.45, 7) is 0. The minimum Gasteiger partial charge on any atom is -0.233 e. The summed E-state index contributed by atoms with van der Waals surface area (Å²) in [6, 6.07) is 4.64. The first-order valence-corrected chi connectivity index (χ1v) is 3.74. The molecule has 0 bridgehead atoms. The average Bonchev–Trinajstić information content (AvgIpc) is 2.10. The van der Waals surface area contributed by atoms with Crippen LogP contribution in [0.15, 0.2) is 23.2 Å². The van der Waals surface area contributed by atoms with Crippen molar-refractivity contribution in [3.8, 4) is 0 Å². The Morgan fingerprint density at radius 1 is 1.36 bits per heavy atom. The Morgan fingerprint density at radius 2 is 2.07 bits per heavy atom. The molecule has 0 saturated heterocycles. The number of hydrogen-bond donors (Lipinski definition) is 0. The molecule has 0 aliphatic rings. The van der Waals surface area contributed by atoms with Crippen molar-refractivity contribution in [1.29, 1.82) is 0 Å². The van der Waals surface area contributed by atoms with Gasteiger partial charge in [0.25, 0.3) is 0 Å². The topological polar surface area (TPSA) is 46.5 Å². The molecule has 0 aromatic heterocycles. The minimum absolute atomic E-state index is 0. The predicted molar refractivity (Wildman–Crippen MR) is 49.4 cm³/mol. The van der Waals surface area contributed by atoms with Crippen molar-refractivity contribution in [2.24, 2.45) is 4.99 Å². The fourth-order valence-electron chi connectivity index (χ4n) is 0.821. The molecule has 5 heteroatoms. The van der Waals surface area contributed by atoms with E-state index in [9.17, 15) is 9.59 Å². The zero-order valence-electron chi connectivity index (χ0n) is 6.78. The van der Waals surface area contributed by atoms with E-state index in [1.165, 1.54) is 24.3 Å². The maximum absolute atomic E-state index is 9.99. The first kappa shape index (κ1) is 13.0. The molecule has 0 spiro atoms. The van der Waals surface area contributed by atoms with Crippen LogP contribution in [-0.4, -0.2) is 12.0 Å². The van der Waals surface area contributed by atoms with Crippen LogP contribution in [0.1, 0.15) is 5.56 Å². The van der Waals surface area contributed by atoms with Gasteiger partial charge in [-0.3, -0.25) is 0 Å². The van der Waals surface area contributed by atoms with Gasteiger partial charge in [-0.1, -0.05) is 17.7 Å². The Bertz CT molecular complexity index is 421. The molecule has 0 fully saturated rings. The predicted octanol–water partition coefficient (Wildman–Crippen LogP) is 2.15. The molecule has 14 heavy (non-hydrogen) atoms. The van der Waals surface area contributed by atoms with E-state index in [0.717, 1.165) is 0 Å². The van der Waals surface area contributed by atoms with Crippen LogP contribution in [0.25, 0.3) is 6.08 Å². The van der Waals surface area contributed by atoms with Gasteiger partial charge in [0.15, 0.2) is 0 Å². The fraction of sp³-hybridized carbons (Fsp3) is 0. The van der Waals surface area contributed by atoms with Gasteiger partial charge in [-0.25, -0.2) is 9.59 Å². The number of hydrogen-bond acceptors (Lipinski definition) is 3. The molecule has 0 amide bonds. The van der Waals surface area contributed by atoms with Crippen LogP contribution in [0.4, 0.5) is 5.69 Å². The van der Waals surface area contributed by atoms with Crippen LogP contribution in [0, 0.1) is 0 Å². The zero-order valence-corrected chi connectivity index (χ0v) is 9.18. The number of benzene rings is 1.